The van der Waals surface area contributed by atoms with Crippen LogP contribution in [0.15, 0.2) is 66.4 Å². The zero-order valence-electron chi connectivity index (χ0n) is 19.4. The highest BCUT2D eigenvalue weighted by atomic mass is 32.2. The van der Waals surface area contributed by atoms with Gasteiger partial charge >= 0.3 is 0 Å². The number of carbonyl (C=O) groups excluding carboxylic acids is 1. The average molecular weight is 488 g/mol. The van der Waals surface area contributed by atoms with Gasteiger partial charge < -0.3 is 9.47 Å². The monoisotopic (exact) mass is 487 g/mol. The van der Waals surface area contributed by atoms with E-state index in [9.17, 15) is 13.2 Å². The van der Waals surface area contributed by atoms with Crippen LogP contribution in [-0.2, 0) is 16.4 Å². The Labute approximate surface area is 204 Å². The van der Waals surface area contributed by atoms with Gasteiger partial charge in [-0.2, -0.15) is 0 Å². The van der Waals surface area contributed by atoms with Gasteiger partial charge in [-0.25, -0.2) is 8.42 Å². The standard InChI is InChI=1S/C28H25NO5S/c1-18-13-24-23(15-29(17-33-24)22-11-12-35(31,32)16-22)28-26(18)27(30)25(34-28)14-19-7-9-21(10-8-19)20-5-3-2-4-6-20/h2-10,13-14,22H,11-12,15-17H2,1H3/b25-14-. The van der Waals surface area contributed by atoms with Crippen molar-refractivity contribution < 1.29 is 22.7 Å². The summed E-state index contributed by atoms with van der Waals surface area (Å²) in [6, 6.07) is 19.9. The number of carbonyl (C=O) groups is 1. The van der Waals surface area contributed by atoms with Crippen molar-refractivity contribution in [2.45, 2.75) is 25.9 Å². The molecule has 3 aliphatic rings. The molecule has 0 aliphatic carbocycles. The van der Waals surface area contributed by atoms with E-state index >= 15 is 0 Å². The summed E-state index contributed by atoms with van der Waals surface area (Å²) in [5.41, 5.74) is 5.28. The first-order valence-electron chi connectivity index (χ1n) is 11.7. The molecular weight excluding hydrogens is 462 g/mol. The molecule has 3 aromatic carbocycles. The van der Waals surface area contributed by atoms with Gasteiger partial charge in [0.2, 0.25) is 5.78 Å². The minimum atomic E-state index is -3.01. The summed E-state index contributed by atoms with van der Waals surface area (Å²) >= 11 is 0. The molecule has 0 aromatic heterocycles. The van der Waals surface area contributed by atoms with Crippen molar-refractivity contribution in [2.24, 2.45) is 0 Å². The second-order valence-corrected chi connectivity index (χ2v) is 11.6. The molecule has 0 radical (unpaired) electrons. The summed E-state index contributed by atoms with van der Waals surface area (Å²) < 4.78 is 36.1. The first-order valence-corrected chi connectivity index (χ1v) is 13.5. The summed E-state index contributed by atoms with van der Waals surface area (Å²) in [5.74, 6) is 1.71. The molecule has 3 aromatic rings. The van der Waals surface area contributed by atoms with Crippen LogP contribution in [0.2, 0.25) is 0 Å². The number of fused-ring (bicyclic) bond motifs is 3. The van der Waals surface area contributed by atoms with E-state index in [0.29, 0.717) is 36.8 Å². The maximum absolute atomic E-state index is 13.3. The van der Waals surface area contributed by atoms with Crippen LogP contribution in [0.3, 0.4) is 0 Å². The van der Waals surface area contributed by atoms with Gasteiger partial charge in [-0.1, -0.05) is 54.6 Å². The van der Waals surface area contributed by atoms with Gasteiger partial charge in [0.15, 0.2) is 15.6 Å². The van der Waals surface area contributed by atoms with Crippen LogP contribution in [-0.4, -0.2) is 43.4 Å². The summed E-state index contributed by atoms with van der Waals surface area (Å²) in [4.78, 5) is 15.3. The van der Waals surface area contributed by atoms with Crippen molar-refractivity contribution in [3.05, 3.63) is 88.7 Å². The van der Waals surface area contributed by atoms with Crippen LogP contribution in [0.1, 0.15) is 33.5 Å². The van der Waals surface area contributed by atoms with Crippen LogP contribution in [0, 0.1) is 6.92 Å². The smallest absolute Gasteiger partial charge is 0.232 e. The van der Waals surface area contributed by atoms with E-state index in [1.165, 1.54) is 0 Å². The Morgan fingerprint density at radius 3 is 2.49 bits per heavy atom. The predicted molar refractivity (Wildman–Crippen MR) is 134 cm³/mol. The van der Waals surface area contributed by atoms with E-state index < -0.39 is 9.84 Å². The van der Waals surface area contributed by atoms with Crippen molar-refractivity contribution in [1.82, 2.24) is 4.90 Å². The number of nitrogens with zero attached hydrogens (tertiary/aromatic N) is 1. The van der Waals surface area contributed by atoms with Crippen LogP contribution in [0.25, 0.3) is 17.2 Å². The van der Waals surface area contributed by atoms with Gasteiger partial charge in [-0.15, -0.1) is 0 Å². The maximum Gasteiger partial charge on any atom is 0.232 e. The molecule has 1 fully saturated rings. The fourth-order valence-electron chi connectivity index (χ4n) is 5.10. The number of Topliss-reactive ketones (excluding diaryl/α,β-unsaturated/α-hetero) is 1. The van der Waals surface area contributed by atoms with E-state index in [0.717, 1.165) is 27.8 Å². The van der Waals surface area contributed by atoms with E-state index in [1.807, 2.05) is 60.4 Å². The predicted octanol–water partition coefficient (Wildman–Crippen LogP) is 4.62. The van der Waals surface area contributed by atoms with Crippen molar-refractivity contribution >= 4 is 21.7 Å². The van der Waals surface area contributed by atoms with E-state index in [2.05, 4.69) is 12.1 Å². The highest BCUT2D eigenvalue weighted by Crippen LogP contribution is 2.44. The average Bonchev–Trinajstić information content (AvgIpc) is 3.39. The molecule has 1 unspecified atom stereocenters. The number of ketones is 1. The molecule has 3 aliphatic heterocycles. The molecular formula is C28H25NO5S. The van der Waals surface area contributed by atoms with Gasteiger partial charge in [0.25, 0.3) is 0 Å². The molecule has 1 atom stereocenters. The number of benzene rings is 3. The normalized spacial score (nSPS) is 21.9. The Balaban J connectivity index is 1.29. The summed E-state index contributed by atoms with van der Waals surface area (Å²) in [5, 5.41) is 0. The molecule has 0 spiro atoms. The lowest BCUT2D eigenvalue weighted by molar-refractivity contribution is 0.0633. The SMILES string of the molecule is Cc1cc2c(c3c1C(=O)/C(=C/c1ccc(-c4ccccc4)cc1)O3)CN(C1CCS(=O)(=O)C1)CO2. The number of ether oxygens (including phenoxy) is 2. The minimum Gasteiger partial charge on any atom is -0.478 e. The number of allylic oxidation sites excluding steroid dienone is 1. The Kier molecular flexibility index (Phi) is 5.27. The summed E-state index contributed by atoms with van der Waals surface area (Å²) in [6.07, 6.45) is 2.37. The van der Waals surface area contributed by atoms with Gasteiger partial charge in [-0.05, 0) is 47.7 Å². The molecule has 0 N–H and O–H groups in total. The topological polar surface area (TPSA) is 72.9 Å². The van der Waals surface area contributed by atoms with Gasteiger partial charge in [-0.3, -0.25) is 9.69 Å². The molecule has 7 heteroatoms. The molecule has 0 saturated carbocycles. The molecule has 178 valence electrons. The maximum atomic E-state index is 13.3. The third-order valence-electron chi connectivity index (χ3n) is 6.99. The lowest BCUT2D eigenvalue weighted by atomic mass is 9.98. The summed E-state index contributed by atoms with van der Waals surface area (Å²) in [7, 11) is -3.01. The van der Waals surface area contributed by atoms with Crippen molar-refractivity contribution in [3.63, 3.8) is 0 Å². The van der Waals surface area contributed by atoms with Crippen molar-refractivity contribution in [2.75, 3.05) is 18.2 Å². The van der Waals surface area contributed by atoms with E-state index in [1.54, 1.807) is 6.08 Å². The molecule has 0 amide bonds. The Hall–Kier alpha value is -3.42. The van der Waals surface area contributed by atoms with Crippen molar-refractivity contribution in [3.8, 4) is 22.6 Å². The molecule has 6 nitrogen and oxygen atoms in total. The fourth-order valence-corrected chi connectivity index (χ4v) is 6.86. The molecule has 0 bridgehead atoms. The highest BCUT2D eigenvalue weighted by molar-refractivity contribution is 7.91. The van der Waals surface area contributed by atoms with Crippen molar-refractivity contribution in [1.29, 1.82) is 0 Å². The van der Waals surface area contributed by atoms with Crippen LogP contribution in [0.5, 0.6) is 11.5 Å². The Morgan fingerprint density at radius 1 is 1.03 bits per heavy atom. The van der Waals surface area contributed by atoms with Gasteiger partial charge in [0.1, 0.15) is 18.2 Å². The second-order valence-electron chi connectivity index (χ2n) is 9.38. The van der Waals surface area contributed by atoms with Gasteiger partial charge in [0, 0.05) is 12.6 Å². The number of hydrogen-bond donors (Lipinski definition) is 0. The zero-order chi connectivity index (χ0) is 24.2. The minimum absolute atomic E-state index is 0.0830. The molecule has 3 heterocycles. The van der Waals surface area contributed by atoms with Crippen LogP contribution >= 0.6 is 0 Å². The van der Waals surface area contributed by atoms with Gasteiger partial charge in [0.05, 0.1) is 22.6 Å². The van der Waals surface area contributed by atoms with Crippen LogP contribution in [0.4, 0.5) is 0 Å². The molecule has 6 rings (SSSR count). The number of sulfone groups is 1. The molecule has 35 heavy (non-hydrogen) atoms. The lowest BCUT2D eigenvalue weighted by Crippen LogP contribution is -2.41. The number of hydrogen-bond acceptors (Lipinski definition) is 6. The first kappa shape index (κ1) is 22.1. The lowest BCUT2D eigenvalue weighted by Gasteiger charge is -2.33. The second kappa shape index (κ2) is 8.36. The molecule has 1 saturated heterocycles. The van der Waals surface area contributed by atoms with E-state index in [-0.39, 0.29) is 29.1 Å². The number of aryl methyl sites for hydroxylation is 1. The Bertz CT molecular complexity index is 1460. The third kappa shape index (κ3) is 4.05. The summed E-state index contributed by atoms with van der Waals surface area (Å²) in [6.45, 7) is 2.71. The first-order chi connectivity index (χ1) is 16.9. The number of rotatable bonds is 3. The zero-order valence-corrected chi connectivity index (χ0v) is 20.2. The third-order valence-corrected chi connectivity index (χ3v) is 8.74. The fraction of sp³-hybridized carbons (Fsp3) is 0.250. The largest absolute Gasteiger partial charge is 0.478 e. The van der Waals surface area contributed by atoms with Crippen LogP contribution < -0.4 is 9.47 Å². The Morgan fingerprint density at radius 2 is 1.77 bits per heavy atom. The van der Waals surface area contributed by atoms with E-state index in [4.69, 9.17) is 9.47 Å². The quantitative estimate of drug-likeness (QED) is 0.502. The highest BCUT2D eigenvalue weighted by Gasteiger charge is 2.39.